The van der Waals surface area contributed by atoms with E-state index in [1.54, 1.807) is 0 Å². The largest absolute Gasteiger partial charge is 0.353 e. The average molecular weight is 401 g/mol. The van der Waals surface area contributed by atoms with Crippen molar-refractivity contribution in [2.24, 2.45) is 7.05 Å². The van der Waals surface area contributed by atoms with Gasteiger partial charge >= 0.3 is 5.69 Å². The SMILES string of the molecule is CCN(CC)CCCNc1nnc2c(n1)c(=O)n(C)c(=O)n2-c1ccc(F)cc1. The average Bonchev–Trinajstić information content (AvgIpc) is 2.74. The molecule has 0 atom stereocenters. The van der Waals surface area contributed by atoms with Gasteiger partial charge in [-0.25, -0.2) is 18.7 Å². The van der Waals surface area contributed by atoms with Gasteiger partial charge in [0.15, 0.2) is 11.2 Å². The quantitative estimate of drug-likeness (QED) is 0.566. The highest BCUT2D eigenvalue weighted by Crippen LogP contribution is 2.12. The van der Waals surface area contributed by atoms with Crippen molar-refractivity contribution in [1.29, 1.82) is 0 Å². The van der Waals surface area contributed by atoms with E-state index in [0.29, 0.717) is 12.2 Å². The Morgan fingerprint density at radius 2 is 1.79 bits per heavy atom. The van der Waals surface area contributed by atoms with Crippen LogP contribution in [0.2, 0.25) is 0 Å². The molecule has 9 nitrogen and oxygen atoms in total. The normalized spacial score (nSPS) is 11.3. The van der Waals surface area contributed by atoms with E-state index in [-0.39, 0.29) is 17.1 Å². The maximum atomic E-state index is 13.3. The molecule has 0 spiro atoms. The van der Waals surface area contributed by atoms with Gasteiger partial charge in [0.1, 0.15) is 5.82 Å². The second-order valence-electron chi connectivity index (χ2n) is 6.57. The number of aromatic nitrogens is 5. The van der Waals surface area contributed by atoms with Crippen molar-refractivity contribution in [3.63, 3.8) is 0 Å². The summed E-state index contributed by atoms with van der Waals surface area (Å²) >= 11 is 0. The molecule has 2 heterocycles. The molecule has 2 aromatic heterocycles. The van der Waals surface area contributed by atoms with E-state index in [1.165, 1.54) is 35.9 Å². The van der Waals surface area contributed by atoms with Crippen LogP contribution in [0.5, 0.6) is 0 Å². The van der Waals surface area contributed by atoms with Gasteiger partial charge in [0.25, 0.3) is 5.56 Å². The Morgan fingerprint density at radius 1 is 1.10 bits per heavy atom. The molecule has 154 valence electrons. The number of nitrogens with zero attached hydrogens (tertiary/aromatic N) is 6. The highest BCUT2D eigenvalue weighted by molar-refractivity contribution is 5.71. The van der Waals surface area contributed by atoms with E-state index >= 15 is 0 Å². The van der Waals surface area contributed by atoms with Crippen molar-refractivity contribution in [1.82, 2.24) is 29.2 Å². The molecule has 1 aromatic carbocycles. The molecule has 0 unspecified atom stereocenters. The van der Waals surface area contributed by atoms with E-state index in [0.717, 1.165) is 30.6 Å². The lowest BCUT2D eigenvalue weighted by atomic mass is 10.3. The first kappa shape index (κ1) is 20.6. The van der Waals surface area contributed by atoms with Gasteiger partial charge in [-0.3, -0.25) is 9.36 Å². The highest BCUT2D eigenvalue weighted by Gasteiger charge is 2.16. The Bertz CT molecular complexity index is 1100. The van der Waals surface area contributed by atoms with E-state index in [4.69, 9.17) is 0 Å². The Morgan fingerprint density at radius 3 is 2.45 bits per heavy atom. The summed E-state index contributed by atoms with van der Waals surface area (Å²) < 4.78 is 15.4. The Balaban J connectivity index is 1.94. The lowest BCUT2D eigenvalue weighted by molar-refractivity contribution is 0.303. The maximum absolute atomic E-state index is 13.3. The summed E-state index contributed by atoms with van der Waals surface area (Å²) in [7, 11) is 1.36. The van der Waals surface area contributed by atoms with Crippen LogP contribution in [0.1, 0.15) is 20.3 Å². The van der Waals surface area contributed by atoms with Crippen molar-refractivity contribution in [3.8, 4) is 5.69 Å². The predicted molar refractivity (Wildman–Crippen MR) is 109 cm³/mol. The molecular weight excluding hydrogens is 377 g/mol. The van der Waals surface area contributed by atoms with E-state index in [9.17, 15) is 14.0 Å². The van der Waals surface area contributed by atoms with Gasteiger partial charge < -0.3 is 10.2 Å². The second-order valence-corrected chi connectivity index (χ2v) is 6.57. The van der Waals surface area contributed by atoms with E-state index < -0.39 is 17.1 Å². The van der Waals surface area contributed by atoms with Crippen molar-refractivity contribution in [3.05, 3.63) is 50.9 Å². The molecule has 0 aliphatic carbocycles. The number of hydrogen-bond donors (Lipinski definition) is 1. The predicted octanol–water partition coefficient (Wildman–Crippen LogP) is 1.16. The molecule has 0 saturated carbocycles. The van der Waals surface area contributed by atoms with Gasteiger partial charge in [0.05, 0.1) is 5.69 Å². The molecule has 3 aromatic rings. The lowest BCUT2D eigenvalue weighted by Gasteiger charge is -2.17. The minimum Gasteiger partial charge on any atom is -0.353 e. The van der Waals surface area contributed by atoms with Crippen molar-refractivity contribution in [2.45, 2.75) is 20.3 Å². The molecule has 10 heteroatoms. The zero-order valence-corrected chi connectivity index (χ0v) is 16.7. The van der Waals surface area contributed by atoms with Gasteiger partial charge in [-0.2, -0.15) is 0 Å². The van der Waals surface area contributed by atoms with Gasteiger partial charge in [-0.15, -0.1) is 10.2 Å². The smallest absolute Gasteiger partial charge is 0.337 e. The Hall–Kier alpha value is -3.14. The molecule has 0 aliphatic heterocycles. The van der Waals surface area contributed by atoms with Crippen molar-refractivity contribution in [2.75, 3.05) is 31.5 Å². The van der Waals surface area contributed by atoms with E-state index in [2.05, 4.69) is 39.2 Å². The van der Waals surface area contributed by atoms with Crippen molar-refractivity contribution >= 4 is 17.1 Å². The number of halogens is 1. The number of hydrogen-bond acceptors (Lipinski definition) is 7. The molecule has 29 heavy (non-hydrogen) atoms. The number of rotatable bonds is 8. The van der Waals surface area contributed by atoms with Gasteiger partial charge in [0, 0.05) is 13.6 Å². The summed E-state index contributed by atoms with van der Waals surface area (Å²) in [6, 6.07) is 5.32. The molecule has 0 aliphatic rings. The van der Waals surface area contributed by atoms with Crippen LogP contribution in [0.4, 0.5) is 10.3 Å². The van der Waals surface area contributed by atoms with E-state index in [1.807, 2.05) is 0 Å². The summed E-state index contributed by atoms with van der Waals surface area (Å²) in [5, 5.41) is 11.1. The third-order valence-electron chi connectivity index (χ3n) is 4.78. The van der Waals surface area contributed by atoms with Crippen LogP contribution < -0.4 is 16.6 Å². The summed E-state index contributed by atoms with van der Waals surface area (Å²) in [6.07, 6.45) is 0.885. The lowest BCUT2D eigenvalue weighted by Crippen LogP contribution is -2.38. The molecule has 1 N–H and O–H groups in total. The first-order chi connectivity index (χ1) is 14.0. The number of fused-ring (bicyclic) bond motifs is 1. The summed E-state index contributed by atoms with van der Waals surface area (Å²) in [4.78, 5) is 31.8. The number of nitrogens with one attached hydrogen (secondary N) is 1. The molecular formula is C19H24FN7O2. The fourth-order valence-electron chi connectivity index (χ4n) is 3.04. The van der Waals surface area contributed by atoms with Crippen LogP contribution in [0.25, 0.3) is 16.9 Å². The fraction of sp³-hybridized carbons (Fsp3) is 0.421. The minimum atomic E-state index is -0.606. The molecule has 0 amide bonds. The van der Waals surface area contributed by atoms with Gasteiger partial charge in [-0.1, -0.05) is 13.8 Å². The van der Waals surface area contributed by atoms with Crippen LogP contribution in [0.15, 0.2) is 33.9 Å². The standard InChI is InChI=1S/C19H24FN7O2/c1-4-26(5-2)12-6-11-21-18-22-15-16(23-24-18)27(19(29)25(3)17(15)28)14-9-7-13(20)8-10-14/h7-10H,4-6,11-12H2,1-3H3,(H,21,22,24). The molecule has 0 saturated heterocycles. The second kappa shape index (κ2) is 8.91. The third-order valence-corrected chi connectivity index (χ3v) is 4.78. The summed E-state index contributed by atoms with van der Waals surface area (Å²) in [6.45, 7) is 7.77. The first-order valence-corrected chi connectivity index (χ1v) is 9.54. The van der Waals surface area contributed by atoms with Crippen LogP contribution in [-0.4, -0.2) is 55.4 Å². The van der Waals surface area contributed by atoms with Gasteiger partial charge in [0.2, 0.25) is 5.95 Å². The molecule has 0 fully saturated rings. The third kappa shape index (κ3) is 4.32. The molecule has 3 rings (SSSR count). The molecule has 0 radical (unpaired) electrons. The Kier molecular flexibility index (Phi) is 6.32. The van der Waals surface area contributed by atoms with Gasteiger partial charge in [-0.05, 0) is 50.3 Å². The molecule has 0 bridgehead atoms. The monoisotopic (exact) mass is 401 g/mol. The fourth-order valence-corrected chi connectivity index (χ4v) is 3.04. The van der Waals surface area contributed by atoms with Crippen LogP contribution in [0.3, 0.4) is 0 Å². The highest BCUT2D eigenvalue weighted by atomic mass is 19.1. The Labute approximate surface area is 166 Å². The van der Waals surface area contributed by atoms with Crippen LogP contribution in [0, 0.1) is 5.82 Å². The summed E-state index contributed by atoms with van der Waals surface area (Å²) in [5.41, 5.74) is -0.765. The topological polar surface area (TPSA) is 97.9 Å². The zero-order chi connectivity index (χ0) is 21.0. The van der Waals surface area contributed by atoms with Crippen LogP contribution in [-0.2, 0) is 7.05 Å². The maximum Gasteiger partial charge on any atom is 0.337 e. The number of benzene rings is 1. The first-order valence-electron chi connectivity index (χ1n) is 9.54. The zero-order valence-electron chi connectivity index (χ0n) is 16.7. The summed E-state index contributed by atoms with van der Waals surface area (Å²) in [5.74, 6) is -0.213. The van der Waals surface area contributed by atoms with Crippen molar-refractivity contribution < 1.29 is 4.39 Å². The number of anilines is 1. The minimum absolute atomic E-state index is 0.0117. The van der Waals surface area contributed by atoms with Crippen LogP contribution >= 0.6 is 0 Å².